The number of urea groups is 1. The molecule has 6 nitrogen and oxygen atoms in total. The molecule has 0 heterocycles. The average molecular weight is 209 g/mol. The fourth-order valence-electron chi connectivity index (χ4n) is 0.620. The lowest BCUT2D eigenvalue weighted by Crippen LogP contribution is -2.41. The molecule has 0 aliphatic heterocycles. The molecule has 0 aliphatic rings. The highest BCUT2D eigenvalue weighted by Crippen LogP contribution is 1.77. The summed E-state index contributed by atoms with van der Waals surface area (Å²) < 4.78 is 20.9. The normalized spacial score (nSPS) is 11.4. The summed E-state index contributed by atoms with van der Waals surface area (Å²) >= 11 is 0. The van der Waals surface area contributed by atoms with Gasteiger partial charge in [-0.3, -0.25) is 0 Å². The monoisotopic (exact) mass is 209 g/mol. The molecular formula is C6H15N3O3S. The lowest BCUT2D eigenvalue weighted by Gasteiger charge is -2.09. The van der Waals surface area contributed by atoms with E-state index in [9.17, 15) is 13.2 Å². The number of carbonyl (C=O) groups excluding carboxylic acids is 1. The van der Waals surface area contributed by atoms with Gasteiger partial charge in [0.25, 0.3) is 0 Å². The van der Waals surface area contributed by atoms with E-state index >= 15 is 0 Å². The smallest absolute Gasteiger partial charge is 0.315 e. The van der Waals surface area contributed by atoms with E-state index in [0.29, 0.717) is 0 Å². The minimum atomic E-state index is -3.49. The number of primary sulfonamides is 1. The molecule has 2 amide bonds. The molecule has 0 aromatic heterocycles. The molecule has 0 rings (SSSR count). The molecule has 0 aromatic rings. The molecule has 0 bridgehead atoms. The van der Waals surface area contributed by atoms with Crippen LogP contribution >= 0.6 is 0 Å². The average Bonchev–Trinajstić information content (AvgIpc) is 1.81. The van der Waals surface area contributed by atoms with Crippen LogP contribution in [0.5, 0.6) is 0 Å². The summed E-state index contributed by atoms with van der Waals surface area (Å²) in [6.45, 7) is 3.63. The fraction of sp³-hybridized carbons (Fsp3) is 0.833. The second-order valence-corrected chi connectivity index (χ2v) is 4.66. The number of nitrogens with two attached hydrogens (primary N) is 1. The summed E-state index contributed by atoms with van der Waals surface area (Å²) in [5, 5.41) is 9.63. The van der Waals surface area contributed by atoms with E-state index in [1.54, 1.807) is 13.8 Å². The Bertz CT molecular complexity index is 260. The molecule has 0 unspecified atom stereocenters. The molecule has 0 radical (unpaired) electrons. The Kier molecular flexibility index (Phi) is 4.71. The van der Waals surface area contributed by atoms with Crippen LogP contribution in [0, 0.1) is 0 Å². The Morgan fingerprint density at radius 2 is 2.00 bits per heavy atom. The first-order valence-electron chi connectivity index (χ1n) is 3.86. The third-order valence-corrected chi connectivity index (χ3v) is 1.87. The van der Waals surface area contributed by atoms with Gasteiger partial charge in [-0.15, -0.1) is 0 Å². The van der Waals surface area contributed by atoms with Gasteiger partial charge < -0.3 is 10.6 Å². The SMILES string of the molecule is CC(C)NC(=O)NCCS(N)(=O)=O. The van der Waals surface area contributed by atoms with Crippen molar-refractivity contribution in [3.8, 4) is 0 Å². The van der Waals surface area contributed by atoms with Gasteiger partial charge in [0.2, 0.25) is 10.0 Å². The van der Waals surface area contributed by atoms with E-state index < -0.39 is 16.1 Å². The van der Waals surface area contributed by atoms with Gasteiger partial charge in [-0.25, -0.2) is 18.4 Å². The summed E-state index contributed by atoms with van der Waals surface area (Å²) in [7, 11) is -3.49. The highest BCUT2D eigenvalue weighted by molar-refractivity contribution is 7.89. The maximum atomic E-state index is 10.9. The van der Waals surface area contributed by atoms with Crippen molar-refractivity contribution in [3.63, 3.8) is 0 Å². The third kappa shape index (κ3) is 9.09. The minimum Gasteiger partial charge on any atom is -0.337 e. The standard InChI is InChI=1S/C6H15N3O3S/c1-5(2)9-6(10)8-3-4-13(7,11)12/h5H,3-4H2,1-2H3,(H2,7,11,12)(H2,8,9,10). The van der Waals surface area contributed by atoms with Crippen LogP contribution in [0.4, 0.5) is 4.79 Å². The molecule has 0 aliphatic carbocycles. The number of hydrogen-bond donors (Lipinski definition) is 3. The Balaban J connectivity index is 3.61. The van der Waals surface area contributed by atoms with E-state index in [0.717, 1.165) is 0 Å². The maximum absolute atomic E-state index is 10.9. The van der Waals surface area contributed by atoms with Gasteiger partial charge in [-0.1, -0.05) is 0 Å². The van der Waals surface area contributed by atoms with Crippen LogP contribution in [0.25, 0.3) is 0 Å². The van der Waals surface area contributed by atoms with Crippen molar-refractivity contribution >= 4 is 16.1 Å². The summed E-state index contributed by atoms with van der Waals surface area (Å²) in [4.78, 5) is 10.9. The predicted molar refractivity (Wildman–Crippen MR) is 49.6 cm³/mol. The largest absolute Gasteiger partial charge is 0.337 e. The van der Waals surface area contributed by atoms with E-state index in [1.807, 2.05) is 0 Å². The Morgan fingerprint density at radius 3 is 2.38 bits per heavy atom. The zero-order chi connectivity index (χ0) is 10.5. The number of sulfonamides is 1. The second kappa shape index (κ2) is 5.03. The quantitative estimate of drug-likeness (QED) is 0.552. The molecule has 78 valence electrons. The Labute approximate surface area is 77.9 Å². The van der Waals surface area contributed by atoms with Crippen LogP contribution in [0.15, 0.2) is 0 Å². The highest BCUT2D eigenvalue weighted by atomic mass is 32.2. The number of carbonyl (C=O) groups is 1. The lowest BCUT2D eigenvalue weighted by atomic mass is 10.4. The van der Waals surface area contributed by atoms with Gasteiger partial charge in [-0.05, 0) is 13.8 Å². The molecule has 0 atom stereocenters. The van der Waals surface area contributed by atoms with Crippen molar-refractivity contribution < 1.29 is 13.2 Å². The van der Waals surface area contributed by atoms with Crippen LogP contribution < -0.4 is 15.8 Å². The molecule has 7 heteroatoms. The van der Waals surface area contributed by atoms with Crippen molar-refractivity contribution in [1.82, 2.24) is 10.6 Å². The third-order valence-electron chi connectivity index (χ3n) is 1.09. The van der Waals surface area contributed by atoms with Crippen LogP contribution in [-0.4, -0.2) is 32.8 Å². The van der Waals surface area contributed by atoms with Crippen molar-refractivity contribution in [2.24, 2.45) is 5.14 Å². The van der Waals surface area contributed by atoms with E-state index in [-0.39, 0.29) is 18.3 Å². The van der Waals surface area contributed by atoms with Crippen LogP contribution in [0.3, 0.4) is 0 Å². The number of hydrogen-bond acceptors (Lipinski definition) is 3. The molecule has 0 saturated carbocycles. The summed E-state index contributed by atoms with van der Waals surface area (Å²) in [6, 6.07) is -0.367. The van der Waals surface area contributed by atoms with Crippen molar-refractivity contribution in [1.29, 1.82) is 0 Å². The number of nitrogens with one attached hydrogen (secondary N) is 2. The molecular weight excluding hydrogens is 194 g/mol. The van der Waals surface area contributed by atoms with Gasteiger partial charge in [0, 0.05) is 12.6 Å². The highest BCUT2D eigenvalue weighted by Gasteiger charge is 2.05. The van der Waals surface area contributed by atoms with Crippen molar-refractivity contribution in [2.45, 2.75) is 19.9 Å². The zero-order valence-corrected chi connectivity index (χ0v) is 8.52. The summed E-state index contributed by atoms with van der Waals surface area (Å²) in [5.41, 5.74) is 0. The first-order chi connectivity index (χ1) is 5.81. The predicted octanol–water partition coefficient (Wildman–Crippen LogP) is -1.02. The molecule has 4 N–H and O–H groups in total. The van der Waals surface area contributed by atoms with Gasteiger partial charge in [0.15, 0.2) is 0 Å². The molecule has 0 fully saturated rings. The van der Waals surface area contributed by atoms with Crippen LogP contribution in [-0.2, 0) is 10.0 Å². The first kappa shape index (κ1) is 12.2. The first-order valence-corrected chi connectivity index (χ1v) is 5.57. The van der Waals surface area contributed by atoms with Crippen LogP contribution in [0.1, 0.15) is 13.8 Å². The van der Waals surface area contributed by atoms with Crippen LogP contribution in [0.2, 0.25) is 0 Å². The molecule has 0 spiro atoms. The minimum absolute atomic E-state index is 0.0227. The maximum Gasteiger partial charge on any atom is 0.315 e. The van der Waals surface area contributed by atoms with E-state index in [1.165, 1.54) is 0 Å². The molecule has 13 heavy (non-hydrogen) atoms. The number of amides is 2. The van der Waals surface area contributed by atoms with Crippen molar-refractivity contribution in [2.75, 3.05) is 12.3 Å². The van der Waals surface area contributed by atoms with E-state index in [2.05, 4.69) is 10.6 Å². The molecule has 0 saturated heterocycles. The number of rotatable bonds is 4. The lowest BCUT2D eigenvalue weighted by molar-refractivity contribution is 0.239. The van der Waals surface area contributed by atoms with E-state index in [4.69, 9.17) is 5.14 Å². The summed E-state index contributed by atoms with van der Waals surface area (Å²) in [5.74, 6) is -0.251. The van der Waals surface area contributed by atoms with Gasteiger partial charge in [0.05, 0.1) is 5.75 Å². The Hall–Kier alpha value is -0.820. The Morgan fingerprint density at radius 1 is 1.46 bits per heavy atom. The fourth-order valence-corrected chi connectivity index (χ4v) is 1.01. The second-order valence-electron chi connectivity index (χ2n) is 2.92. The van der Waals surface area contributed by atoms with Gasteiger partial charge >= 0.3 is 6.03 Å². The molecule has 0 aromatic carbocycles. The topological polar surface area (TPSA) is 101 Å². The van der Waals surface area contributed by atoms with Gasteiger partial charge in [0.1, 0.15) is 0 Å². The van der Waals surface area contributed by atoms with Gasteiger partial charge in [-0.2, -0.15) is 0 Å². The van der Waals surface area contributed by atoms with Crippen molar-refractivity contribution in [3.05, 3.63) is 0 Å². The summed E-state index contributed by atoms with van der Waals surface area (Å²) in [6.07, 6.45) is 0. The zero-order valence-electron chi connectivity index (χ0n) is 7.70.